The Kier molecular flexibility index (Phi) is 5.51. The number of carbonyl (C=O) groups excluding carboxylic acids is 1. The molecule has 2 N–H and O–H groups in total. The van der Waals surface area contributed by atoms with Crippen molar-refractivity contribution in [3.05, 3.63) is 42.1 Å². The topological polar surface area (TPSA) is 75.4 Å². The minimum atomic E-state index is -0.238. The number of aliphatic hydroxyl groups excluding tert-OH is 1. The minimum Gasteiger partial charge on any atom is -0.396 e. The molecule has 0 aliphatic carbocycles. The second kappa shape index (κ2) is 7.59. The summed E-state index contributed by atoms with van der Waals surface area (Å²) < 4.78 is 5.21. The molecule has 5 heteroatoms. The fourth-order valence-corrected chi connectivity index (χ4v) is 2.05. The lowest BCUT2D eigenvalue weighted by Crippen LogP contribution is -2.32. The number of aromatic nitrogens is 1. The summed E-state index contributed by atoms with van der Waals surface area (Å²) in [5.74, 6) is 0.339. The lowest BCUT2D eigenvalue weighted by molar-refractivity contribution is 0.0928. The van der Waals surface area contributed by atoms with Gasteiger partial charge in [-0.3, -0.25) is 4.79 Å². The summed E-state index contributed by atoms with van der Waals surface area (Å²) >= 11 is 0. The summed E-state index contributed by atoms with van der Waals surface area (Å²) in [7, 11) is 0. The van der Waals surface area contributed by atoms with Gasteiger partial charge in [0.15, 0.2) is 11.5 Å². The number of hydrogen-bond donors (Lipinski definition) is 2. The quantitative estimate of drug-likeness (QED) is 0.768. The van der Waals surface area contributed by atoms with E-state index in [9.17, 15) is 4.79 Å². The Hall–Kier alpha value is -2.14. The van der Waals surface area contributed by atoms with E-state index >= 15 is 0 Å². The number of hydrogen-bond acceptors (Lipinski definition) is 4. The highest BCUT2D eigenvalue weighted by Gasteiger charge is 2.15. The maximum absolute atomic E-state index is 12.0. The number of nitrogens with zero attached hydrogens (tertiary/aromatic N) is 1. The Bertz CT molecular complexity index is 566. The Morgan fingerprint density at radius 3 is 2.81 bits per heavy atom. The maximum atomic E-state index is 12.0. The van der Waals surface area contributed by atoms with Crippen LogP contribution in [0.4, 0.5) is 0 Å². The molecular formula is C16H20N2O3. The van der Waals surface area contributed by atoms with E-state index in [-0.39, 0.29) is 24.2 Å². The largest absolute Gasteiger partial charge is 0.396 e. The first-order chi connectivity index (χ1) is 10.2. The fraction of sp³-hybridized carbons (Fsp3) is 0.375. The molecule has 112 valence electrons. The van der Waals surface area contributed by atoms with Gasteiger partial charge < -0.3 is 14.9 Å². The number of carbonyl (C=O) groups is 1. The molecule has 1 aromatic heterocycles. The van der Waals surface area contributed by atoms with E-state index in [1.54, 1.807) is 6.07 Å². The Morgan fingerprint density at radius 1 is 1.33 bits per heavy atom. The van der Waals surface area contributed by atoms with Crippen LogP contribution in [0, 0.1) is 0 Å². The molecule has 0 fully saturated rings. The van der Waals surface area contributed by atoms with E-state index in [0.29, 0.717) is 5.76 Å². The molecule has 1 heterocycles. The van der Waals surface area contributed by atoms with Gasteiger partial charge in [0, 0.05) is 24.3 Å². The molecule has 0 saturated carbocycles. The van der Waals surface area contributed by atoms with Crippen LogP contribution >= 0.6 is 0 Å². The van der Waals surface area contributed by atoms with Crippen molar-refractivity contribution in [3.8, 4) is 11.3 Å². The zero-order valence-electron chi connectivity index (χ0n) is 12.1. The number of amides is 1. The summed E-state index contributed by atoms with van der Waals surface area (Å²) in [4.78, 5) is 12.0. The van der Waals surface area contributed by atoms with Crippen molar-refractivity contribution in [2.75, 3.05) is 6.61 Å². The average molecular weight is 288 g/mol. The van der Waals surface area contributed by atoms with Gasteiger partial charge >= 0.3 is 0 Å². The highest BCUT2D eigenvalue weighted by molar-refractivity contribution is 5.93. The zero-order chi connectivity index (χ0) is 15.1. The van der Waals surface area contributed by atoms with Gasteiger partial charge in [0.25, 0.3) is 5.91 Å². The average Bonchev–Trinajstić information content (AvgIpc) is 2.98. The van der Waals surface area contributed by atoms with Gasteiger partial charge in [-0.2, -0.15) is 0 Å². The summed E-state index contributed by atoms with van der Waals surface area (Å²) in [6, 6.07) is 11.2. The van der Waals surface area contributed by atoms with E-state index in [0.717, 1.165) is 24.8 Å². The van der Waals surface area contributed by atoms with Crippen molar-refractivity contribution >= 4 is 5.91 Å². The molecule has 21 heavy (non-hydrogen) atoms. The van der Waals surface area contributed by atoms with Gasteiger partial charge in [-0.1, -0.05) is 35.5 Å². The number of benzene rings is 1. The smallest absolute Gasteiger partial charge is 0.273 e. The van der Waals surface area contributed by atoms with Crippen LogP contribution in [0.25, 0.3) is 11.3 Å². The molecule has 2 aromatic rings. The van der Waals surface area contributed by atoms with Crippen LogP contribution in [-0.2, 0) is 0 Å². The van der Waals surface area contributed by atoms with Crippen molar-refractivity contribution in [2.24, 2.45) is 0 Å². The zero-order valence-corrected chi connectivity index (χ0v) is 12.1. The first kappa shape index (κ1) is 15.3. The van der Waals surface area contributed by atoms with Crippen LogP contribution in [0.3, 0.4) is 0 Å². The first-order valence-corrected chi connectivity index (χ1v) is 7.14. The van der Waals surface area contributed by atoms with Crippen LogP contribution in [0.2, 0.25) is 0 Å². The minimum absolute atomic E-state index is 0.0425. The number of rotatable bonds is 7. The van der Waals surface area contributed by atoms with E-state index in [1.165, 1.54) is 0 Å². The molecule has 0 unspecified atom stereocenters. The van der Waals surface area contributed by atoms with Gasteiger partial charge in [0.1, 0.15) is 0 Å². The van der Waals surface area contributed by atoms with Crippen LogP contribution in [0.5, 0.6) is 0 Å². The second-order valence-electron chi connectivity index (χ2n) is 5.04. The first-order valence-electron chi connectivity index (χ1n) is 7.14. The number of unbranched alkanes of at least 4 members (excludes halogenated alkanes) is 1. The predicted molar refractivity (Wildman–Crippen MR) is 79.8 cm³/mol. The molecule has 1 aromatic carbocycles. The number of nitrogens with one attached hydrogen (secondary N) is 1. The highest BCUT2D eigenvalue weighted by atomic mass is 16.5. The summed E-state index contributed by atoms with van der Waals surface area (Å²) in [6.07, 6.45) is 2.46. The third kappa shape index (κ3) is 4.43. The molecular weight excluding hydrogens is 268 g/mol. The molecule has 0 aliphatic heterocycles. The summed E-state index contributed by atoms with van der Waals surface area (Å²) in [5.41, 5.74) is 1.17. The molecule has 0 aliphatic rings. The van der Waals surface area contributed by atoms with Gasteiger partial charge in [-0.05, 0) is 26.2 Å². The molecule has 0 radical (unpaired) electrons. The molecule has 0 saturated heterocycles. The monoisotopic (exact) mass is 288 g/mol. The highest BCUT2D eigenvalue weighted by Crippen LogP contribution is 2.19. The molecule has 0 bridgehead atoms. The van der Waals surface area contributed by atoms with Crippen molar-refractivity contribution in [1.82, 2.24) is 10.5 Å². The lowest BCUT2D eigenvalue weighted by atomic mass is 10.1. The van der Waals surface area contributed by atoms with Crippen LogP contribution < -0.4 is 5.32 Å². The van der Waals surface area contributed by atoms with Crippen molar-refractivity contribution in [1.29, 1.82) is 0 Å². The Labute approximate surface area is 124 Å². The van der Waals surface area contributed by atoms with Crippen molar-refractivity contribution in [3.63, 3.8) is 0 Å². The lowest BCUT2D eigenvalue weighted by Gasteiger charge is -2.11. The SMILES string of the molecule is C[C@H](CCCCO)NC(=O)c1cc(-c2ccccc2)on1. The van der Waals surface area contributed by atoms with Crippen molar-refractivity contribution in [2.45, 2.75) is 32.2 Å². The van der Waals surface area contributed by atoms with Crippen LogP contribution in [-0.4, -0.2) is 28.8 Å². The molecule has 1 amide bonds. The molecule has 0 spiro atoms. The van der Waals surface area contributed by atoms with E-state index in [4.69, 9.17) is 9.63 Å². The number of aliphatic hydroxyl groups is 1. The van der Waals surface area contributed by atoms with Crippen molar-refractivity contribution < 1.29 is 14.4 Å². The standard InChI is InChI=1S/C16H20N2O3/c1-12(7-5-6-10-19)17-16(20)14-11-15(21-18-14)13-8-3-2-4-9-13/h2-4,8-9,11-12,19H,5-7,10H2,1H3,(H,17,20)/t12-/m1/s1. The van der Waals surface area contributed by atoms with Crippen LogP contribution in [0.1, 0.15) is 36.7 Å². The predicted octanol–water partition coefficient (Wildman–Crippen LogP) is 2.62. The van der Waals surface area contributed by atoms with Gasteiger partial charge in [0.05, 0.1) is 0 Å². The maximum Gasteiger partial charge on any atom is 0.273 e. The Morgan fingerprint density at radius 2 is 2.10 bits per heavy atom. The van der Waals surface area contributed by atoms with Gasteiger partial charge in [-0.25, -0.2) is 0 Å². The normalized spacial score (nSPS) is 12.1. The van der Waals surface area contributed by atoms with E-state index in [2.05, 4.69) is 10.5 Å². The Balaban J connectivity index is 1.93. The third-order valence-corrected chi connectivity index (χ3v) is 3.22. The van der Waals surface area contributed by atoms with E-state index < -0.39 is 0 Å². The van der Waals surface area contributed by atoms with Crippen LogP contribution in [0.15, 0.2) is 40.9 Å². The van der Waals surface area contributed by atoms with E-state index in [1.807, 2.05) is 37.3 Å². The van der Waals surface area contributed by atoms with Gasteiger partial charge in [0.2, 0.25) is 0 Å². The van der Waals surface area contributed by atoms with Gasteiger partial charge in [-0.15, -0.1) is 0 Å². The summed E-state index contributed by atoms with van der Waals surface area (Å²) in [5, 5.41) is 15.4. The second-order valence-corrected chi connectivity index (χ2v) is 5.04. The molecule has 1 atom stereocenters. The molecule has 5 nitrogen and oxygen atoms in total. The summed E-state index contributed by atoms with van der Waals surface area (Å²) in [6.45, 7) is 2.12. The third-order valence-electron chi connectivity index (χ3n) is 3.22. The molecule has 2 rings (SSSR count). The fourth-order valence-electron chi connectivity index (χ4n) is 2.05.